The lowest BCUT2D eigenvalue weighted by molar-refractivity contribution is -0.145. The molecule has 1 aliphatic carbocycles. The molecule has 1 unspecified atom stereocenters. The zero-order valence-corrected chi connectivity index (χ0v) is 9.69. The molecule has 2 fully saturated rings. The molecule has 0 aromatic carbocycles. The molecule has 0 aromatic rings. The Morgan fingerprint density at radius 1 is 1.38 bits per heavy atom. The van der Waals surface area contributed by atoms with Crippen molar-refractivity contribution in [3.63, 3.8) is 0 Å². The zero-order chi connectivity index (χ0) is 11.7. The molecule has 0 bridgehead atoms. The molecule has 0 aromatic heterocycles. The van der Waals surface area contributed by atoms with Crippen LogP contribution in [0.2, 0.25) is 0 Å². The molecular weight excluding hydrogens is 206 g/mol. The average molecular weight is 225 g/mol. The normalized spacial score (nSPS) is 26.8. The number of nitrogens with zero attached hydrogens (tertiary/aromatic N) is 1. The van der Waals surface area contributed by atoms with Crippen molar-refractivity contribution in [2.45, 2.75) is 45.1 Å². The van der Waals surface area contributed by atoms with Gasteiger partial charge >= 0.3 is 5.97 Å². The molecule has 1 aliphatic heterocycles. The molecule has 2 atom stereocenters. The Bertz CT molecular complexity index is 299. The Kier molecular flexibility index (Phi) is 3.17. The van der Waals surface area contributed by atoms with E-state index in [1.165, 1.54) is 12.8 Å². The summed E-state index contributed by atoms with van der Waals surface area (Å²) in [5.74, 6) is -0.709. The smallest absolute Gasteiger partial charge is 0.306 e. The van der Waals surface area contributed by atoms with Gasteiger partial charge in [0.2, 0.25) is 5.91 Å². The van der Waals surface area contributed by atoms with Crippen LogP contribution in [0, 0.1) is 11.8 Å². The van der Waals surface area contributed by atoms with Crippen LogP contribution < -0.4 is 0 Å². The molecule has 2 aliphatic rings. The number of likely N-dealkylation sites (tertiary alicyclic amines) is 1. The third kappa shape index (κ3) is 2.36. The molecule has 16 heavy (non-hydrogen) atoms. The van der Waals surface area contributed by atoms with E-state index in [2.05, 4.69) is 0 Å². The van der Waals surface area contributed by atoms with Gasteiger partial charge in [-0.15, -0.1) is 0 Å². The average Bonchev–Trinajstić information content (AvgIpc) is 2.95. The number of rotatable bonds is 4. The first kappa shape index (κ1) is 11.4. The molecule has 4 heteroatoms. The van der Waals surface area contributed by atoms with Gasteiger partial charge in [0, 0.05) is 19.0 Å². The van der Waals surface area contributed by atoms with Crippen LogP contribution in [-0.4, -0.2) is 34.5 Å². The van der Waals surface area contributed by atoms with E-state index in [0.717, 1.165) is 19.4 Å². The number of carboxylic acid groups (broad SMARTS) is 1. The van der Waals surface area contributed by atoms with Crippen LogP contribution in [0.25, 0.3) is 0 Å². The van der Waals surface area contributed by atoms with Crippen molar-refractivity contribution >= 4 is 11.9 Å². The van der Waals surface area contributed by atoms with Crippen molar-refractivity contribution in [1.82, 2.24) is 4.90 Å². The first-order chi connectivity index (χ1) is 7.59. The van der Waals surface area contributed by atoms with Gasteiger partial charge < -0.3 is 10.0 Å². The monoisotopic (exact) mass is 225 g/mol. The Hall–Kier alpha value is -1.06. The highest BCUT2D eigenvalue weighted by Crippen LogP contribution is 2.40. The van der Waals surface area contributed by atoms with E-state index < -0.39 is 11.9 Å². The topological polar surface area (TPSA) is 57.6 Å². The number of hydrogen-bond acceptors (Lipinski definition) is 2. The van der Waals surface area contributed by atoms with Crippen LogP contribution in [0.1, 0.15) is 39.0 Å². The van der Waals surface area contributed by atoms with Crippen molar-refractivity contribution in [1.29, 1.82) is 0 Å². The number of amides is 1. The maximum absolute atomic E-state index is 12.0. The van der Waals surface area contributed by atoms with Crippen molar-refractivity contribution in [2.75, 3.05) is 6.54 Å². The lowest BCUT2D eigenvalue weighted by Gasteiger charge is -2.25. The summed E-state index contributed by atoms with van der Waals surface area (Å²) in [6, 6.07) is 0.411. The summed E-state index contributed by atoms with van der Waals surface area (Å²) >= 11 is 0. The summed E-state index contributed by atoms with van der Waals surface area (Å²) in [5, 5.41) is 8.79. The first-order valence-electron chi connectivity index (χ1n) is 6.12. The lowest BCUT2D eigenvalue weighted by Crippen LogP contribution is -2.38. The number of aliphatic carboxylic acids is 1. The van der Waals surface area contributed by atoms with E-state index in [4.69, 9.17) is 5.11 Å². The van der Waals surface area contributed by atoms with Crippen molar-refractivity contribution in [2.24, 2.45) is 11.8 Å². The minimum absolute atomic E-state index is 0.0318. The van der Waals surface area contributed by atoms with Crippen LogP contribution >= 0.6 is 0 Å². The Morgan fingerprint density at radius 2 is 2.06 bits per heavy atom. The van der Waals surface area contributed by atoms with Gasteiger partial charge in [-0.1, -0.05) is 6.92 Å². The summed E-state index contributed by atoms with van der Waals surface area (Å²) in [7, 11) is 0. The molecule has 90 valence electrons. The number of carbonyl (C=O) groups is 2. The zero-order valence-electron chi connectivity index (χ0n) is 9.69. The van der Waals surface area contributed by atoms with Gasteiger partial charge in [0.05, 0.1) is 5.92 Å². The molecule has 0 radical (unpaired) electrons. The summed E-state index contributed by atoms with van der Waals surface area (Å²) in [4.78, 5) is 24.6. The lowest BCUT2D eigenvalue weighted by atomic mass is 10.1. The maximum Gasteiger partial charge on any atom is 0.306 e. The second-order valence-corrected chi connectivity index (χ2v) is 5.08. The molecule has 4 nitrogen and oxygen atoms in total. The molecule has 1 heterocycles. The Labute approximate surface area is 95.6 Å². The predicted octanol–water partition coefficient (Wildman–Crippen LogP) is 1.50. The Morgan fingerprint density at radius 3 is 2.62 bits per heavy atom. The highest BCUT2D eigenvalue weighted by Gasteiger charge is 2.40. The molecule has 0 spiro atoms. The molecular formula is C12H19NO3. The first-order valence-corrected chi connectivity index (χ1v) is 6.12. The van der Waals surface area contributed by atoms with Crippen molar-refractivity contribution < 1.29 is 14.7 Å². The van der Waals surface area contributed by atoms with E-state index in [1.54, 1.807) is 6.92 Å². The summed E-state index contributed by atoms with van der Waals surface area (Å²) in [6.45, 7) is 2.43. The van der Waals surface area contributed by atoms with Crippen LogP contribution in [-0.2, 0) is 9.59 Å². The molecule has 2 rings (SSSR count). The largest absolute Gasteiger partial charge is 0.481 e. The van der Waals surface area contributed by atoms with Gasteiger partial charge in [0.15, 0.2) is 0 Å². The van der Waals surface area contributed by atoms with Gasteiger partial charge in [0.1, 0.15) is 0 Å². The Balaban J connectivity index is 1.90. The summed E-state index contributed by atoms with van der Waals surface area (Å²) < 4.78 is 0. The van der Waals surface area contributed by atoms with E-state index in [9.17, 15) is 9.59 Å². The molecule has 1 saturated carbocycles. The minimum Gasteiger partial charge on any atom is -0.481 e. The fraction of sp³-hybridized carbons (Fsp3) is 0.833. The number of carbonyl (C=O) groups excluding carboxylic acids is 1. The van der Waals surface area contributed by atoms with Crippen LogP contribution in [0.5, 0.6) is 0 Å². The SMILES string of the molecule is C[C@@H](CC(=O)N1CCCC1C1CC1)C(=O)O. The second-order valence-electron chi connectivity index (χ2n) is 5.08. The highest BCUT2D eigenvalue weighted by molar-refractivity contribution is 5.82. The van der Waals surface area contributed by atoms with Gasteiger partial charge in [-0.25, -0.2) is 0 Å². The second kappa shape index (κ2) is 4.44. The summed E-state index contributed by atoms with van der Waals surface area (Å²) in [5.41, 5.74) is 0. The predicted molar refractivity (Wildman–Crippen MR) is 58.9 cm³/mol. The number of carboxylic acids is 1. The van der Waals surface area contributed by atoms with E-state index in [-0.39, 0.29) is 12.3 Å². The van der Waals surface area contributed by atoms with E-state index >= 15 is 0 Å². The van der Waals surface area contributed by atoms with Gasteiger partial charge in [-0.05, 0) is 31.6 Å². The van der Waals surface area contributed by atoms with Gasteiger partial charge in [-0.3, -0.25) is 9.59 Å². The van der Waals surface area contributed by atoms with Gasteiger partial charge in [0.25, 0.3) is 0 Å². The number of hydrogen-bond donors (Lipinski definition) is 1. The third-order valence-corrected chi connectivity index (χ3v) is 3.69. The highest BCUT2D eigenvalue weighted by atomic mass is 16.4. The molecule has 1 saturated heterocycles. The van der Waals surface area contributed by atoms with E-state index in [0.29, 0.717) is 12.0 Å². The standard InChI is InChI=1S/C12H19NO3/c1-8(12(15)16)7-11(14)13-6-2-3-10(13)9-4-5-9/h8-10H,2-7H2,1H3,(H,15,16)/t8-,10?/m0/s1. The van der Waals surface area contributed by atoms with Crippen LogP contribution in [0.3, 0.4) is 0 Å². The fourth-order valence-electron chi connectivity index (χ4n) is 2.54. The van der Waals surface area contributed by atoms with Crippen molar-refractivity contribution in [3.05, 3.63) is 0 Å². The fourth-order valence-corrected chi connectivity index (χ4v) is 2.54. The summed E-state index contributed by atoms with van der Waals surface area (Å²) in [6.07, 6.45) is 4.82. The maximum atomic E-state index is 12.0. The minimum atomic E-state index is -0.879. The van der Waals surface area contributed by atoms with E-state index in [1.807, 2.05) is 4.90 Å². The quantitative estimate of drug-likeness (QED) is 0.788. The van der Waals surface area contributed by atoms with Crippen LogP contribution in [0.15, 0.2) is 0 Å². The van der Waals surface area contributed by atoms with Crippen LogP contribution in [0.4, 0.5) is 0 Å². The third-order valence-electron chi connectivity index (χ3n) is 3.69. The van der Waals surface area contributed by atoms with Gasteiger partial charge in [-0.2, -0.15) is 0 Å². The van der Waals surface area contributed by atoms with Crippen molar-refractivity contribution in [3.8, 4) is 0 Å². The molecule has 1 amide bonds. The molecule has 1 N–H and O–H groups in total.